The summed E-state index contributed by atoms with van der Waals surface area (Å²) in [6.45, 7) is 0. The zero-order valence-corrected chi connectivity index (χ0v) is 27.5. The summed E-state index contributed by atoms with van der Waals surface area (Å²) in [6, 6.07) is 58.4. The van der Waals surface area contributed by atoms with Crippen molar-refractivity contribution in [3.8, 4) is 0 Å². The molecule has 5 heteroatoms. The molecule has 0 fully saturated rings. The summed E-state index contributed by atoms with van der Waals surface area (Å²) in [5, 5.41) is 8.00. The van der Waals surface area contributed by atoms with E-state index in [1.165, 1.54) is 5.56 Å². The van der Waals surface area contributed by atoms with Crippen molar-refractivity contribution in [3.63, 3.8) is 0 Å². The molecule has 5 nitrogen and oxygen atoms in total. The number of amidine groups is 1. The molecule has 0 amide bonds. The monoisotopic (exact) mass is 657 g/mol. The predicted molar refractivity (Wildman–Crippen MR) is 209 cm³/mol. The molecule has 0 bridgehead atoms. The van der Waals surface area contributed by atoms with Gasteiger partial charge in [0.15, 0.2) is 5.58 Å². The summed E-state index contributed by atoms with van der Waals surface area (Å²) in [6.07, 6.45) is 2.21. The Morgan fingerprint density at radius 1 is 0.529 bits per heavy atom. The summed E-state index contributed by atoms with van der Waals surface area (Å²) < 4.78 is 13.2. The van der Waals surface area contributed by atoms with E-state index in [0.29, 0.717) is 0 Å². The lowest BCUT2D eigenvalue weighted by Gasteiger charge is -2.27. The van der Waals surface area contributed by atoms with Crippen molar-refractivity contribution in [2.75, 3.05) is 4.90 Å². The standard InChI is InChI=1S/C46H31N3O2/c1-4-14-30(15-5-1)38-29-39(31-16-6-2-7-17-31)48-46(47-38)37-26-27-40(45-44(37)36-21-11-13-23-42(36)51-45)49(32-18-8-3-9-19-32)33-24-25-35-34-20-10-12-22-41(34)50-43(35)28-33/h1-29,38H,(H,47,48). The molecular weight excluding hydrogens is 627 g/mol. The van der Waals surface area contributed by atoms with Crippen LogP contribution in [0.3, 0.4) is 0 Å². The van der Waals surface area contributed by atoms with Crippen LogP contribution < -0.4 is 10.2 Å². The minimum absolute atomic E-state index is 0.0712. The van der Waals surface area contributed by atoms with Crippen LogP contribution >= 0.6 is 0 Å². The van der Waals surface area contributed by atoms with E-state index in [0.717, 1.165) is 83.6 Å². The van der Waals surface area contributed by atoms with E-state index in [9.17, 15) is 0 Å². The van der Waals surface area contributed by atoms with Crippen molar-refractivity contribution in [1.82, 2.24) is 5.32 Å². The quantitative estimate of drug-likeness (QED) is 0.193. The maximum atomic E-state index is 6.83. The van der Waals surface area contributed by atoms with Gasteiger partial charge in [-0.25, -0.2) is 4.99 Å². The van der Waals surface area contributed by atoms with E-state index >= 15 is 0 Å². The molecule has 1 aliphatic rings. The second-order valence-electron chi connectivity index (χ2n) is 12.8. The molecule has 2 aromatic heterocycles. The van der Waals surface area contributed by atoms with Crippen LogP contribution in [-0.4, -0.2) is 5.84 Å². The van der Waals surface area contributed by atoms with Gasteiger partial charge in [0, 0.05) is 38.9 Å². The third-order valence-electron chi connectivity index (χ3n) is 9.71. The fourth-order valence-electron chi connectivity index (χ4n) is 7.33. The normalized spacial score (nSPS) is 14.5. The smallest absolute Gasteiger partial charge is 0.160 e. The van der Waals surface area contributed by atoms with Gasteiger partial charge >= 0.3 is 0 Å². The van der Waals surface area contributed by atoms with Gasteiger partial charge in [-0.2, -0.15) is 0 Å². The lowest BCUT2D eigenvalue weighted by Crippen LogP contribution is -2.31. The average molecular weight is 658 g/mol. The van der Waals surface area contributed by atoms with Crippen LogP contribution in [0.25, 0.3) is 49.6 Å². The van der Waals surface area contributed by atoms with E-state index in [2.05, 4.69) is 138 Å². The second kappa shape index (κ2) is 11.9. The number of aliphatic imine (C=N–C) groups is 1. The average Bonchev–Trinajstić information content (AvgIpc) is 3.78. The van der Waals surface area contributed by atoms with Crippen LogP contribution in [0.5, 0.6) is 0 Å². The summed E-state index contributed by atoms with van der Waals surface area (Å²) in [7, 11) is 0. The van der Waals surface area contributed by atoms with Crippen LogP contribution in [0.2, 0.25) is 0 Å². The zero-order chi connectivity index (χ0) is 33.7. The van der Waals surface area contributed by atoms with Gasteiger partial charge in [-0.3, -0.25) is 0 Å². The van der Waals surface area contributed by atoms with Crippen molar-refractivity contribution in [2.24, 2.45) is 4.99 Å². The lowest BCUT2D eigenvalue weighted by molar-refractivity contribution is 0.667. The van der Waals surface area contributed by atoms with Gasteiger partial charge in [0.1, 0.15) is 22.6 Å². The third-order valence-corrected chi connectivity index (χ3v) is 9.71. The number of fused-ring (bicyclic) bond motifs is 6. The molecule has 51 heavy (non-hydrogen) atoms. The topological polar surface area (TPSA) is 53.9 Å². The lowest BCUT2D eigenvalue weighted by atomic mass is 9.98. The van der Waals surface area contributed by atoms with Gasteiger partial charge in [-0.05, 0) is 65.7 Å². The molecule has 3 heterocycles. The summed E-state index contributed by atoms with van der Waals surface area (Å²) in [5.41, 5.74) is 10.3. The van der Waals surface area contributed by atoms with E-state index in [-0.39, 0.29) is 6.04 Å². The third kappa shape index (κ3) is 4.98. The van der Waals surface area contributed by atoms with E-state index in [1.807, 2.05) is 48.5 Å². The molecule has 9 aromatic rings. The number of nitrogens with one attached hydrogen (secondary N) is 1. The first-order valence-corrected chi connectivity index (χ1v) is 17.2. The molecule has 1 unspecified atom stereocenters. The number of rotatable bonds is 6. The molecule has 0 aliphatic carbocycles. The number of furan rings is 2. The molecular formula is C46H31N3O2. The number of anilines is 3. The van der Waals surface area contributed by atoms with Crippen molar-refractivity contribution < 1.29 is 8.83 Å². The maximum Gasteiger partial charge on any atom is 0.160 e. The Labute approximate surface area is 294 Å². The van der Waals surface area contributed by atoms with Crippen LogP contribution in [0.15, 0.2) is 190 Å². The van der Waals surface area contributed by atoms with Crippen molar-refractivity contribution in [3.05, 3.63) is 193 Å². The Hall–Kier alpha value is -6.85. The van der Waals surface area contributed by atoms with Gasteiger partial charge in [-0.1, -0.05) is 115 Å². The number of para-hydroxylation sites is 3. The zero-order valence-electron chi connectivity index (χ0n) is 27.5. The first-order valence-electron chi connectivity index (χ1n) is 17.2. The molecule has 0 saturated carbocycles. The van der Waals surface area contributed by atoms with E-state index < -0.39 is 0 Å². The Balaban J connectivity index is 1.20. The van der Waals surface area contributed by atoms with E-state index in [1.54, 1.807) is 0 Å². The molecule has 0 saturated heterocycles. The van der Waals surface area contributed by atoms with E-state index in [4.69, 9.17) is 13.8 Å². The number of nitrogens with zero attached hydrogens (tertiary/aromatic N) is 2. The first-order chi connectivity index (χ1) is 25.3. The van der Waals surface area contributed by atoms with Gasteiger partial charge in [0.2, 0.25) is 0 Å². The maximum absolute atomic E-state index is 6.83. The summed E-state index contributed by atoms with van der Waals surface area (Å²) in [4.78, 5) is 7.53. The first kappa shape index (κ1) is 29.1. The highest BCUT2D eigenvalue weighted by Gasteiger charge is 2.26. The van der Waals surface area contributed by atoms with Gasteiger partial charge in [0.25, 0.3) is 0 Å². The fraction of sp³-hybridized carbons (Fsp3) is 0.0217. The largest absolute Gasteiger partial charge is 0.456 e. The van der Waals surface area contributed by atoms with Crippen LogP contribution in [0.4, 0.5) is 17.1 Å². The predicted octanol–water partition coefficient (Wildman–Crippen LogP) is 12.1. The van der Waals surface area contributed by atoms with Crippen LogP contribution in [0, 0.1) is 0 Å². The molecule has 1 N–H and O–H groups in total. The molecule has 1 aliphatic heterocycles. The molecule has 0 spiro atoms. The summed E-state index contributed by atoms with van der Waals surface area (Å²) >= 11 is 0. The Bertz CT molecular complexity index is 2780. The van der Waals surface area contributed by atoms with Crippen LogP contribution in [-0.2, 0) is 0 Å². The minimum Gasteiger partial charge on any atom is -0.456 e. The number of benzene rings is 7. The Kier molecular flexibility index (Phi) is 6.81. The SMILES string of the molecule is C1=C(c2ccccc2)N=C(c2ccc(N(c3ccccc3)c3ccc4c(c3)oc3ccccc34)c3oc4ccccc4c23)NC1c1ccccc1. The van der Waals surface area contributed by atoms with Gasteiger partial charge < -0.3 is 19.1 Å². The highest BCUT2D eigenvalue weighted by Crippen LogP contribution is 2.45. The number of hydrogen-bond acceptors (Lipinski definition) is 5. The van der Waals surface area contributed by atoms with Crippen LogP contribution in [0.1, 0.15) is 22.7 Å². The molecule has 0 radical (unpaired) electrons. The number of hydrogen-bond donors (Lipinski definition) is 1. The molecule has 10 rings (SSSR count). The summed E-state index contributed by atoms with van der Waals surface area (Å²) in [5.74, 6) is 0.795. The van der Waals surface area contributed by atoms with Crippen molar-refractivity contribution >= 4 is 72.5 Å². The highest BCUT2D eigenvalue weighted by molar-refractivity contribution is 6.22. The van der Waals surface area contributed by atoms with Gasteiger partial charge in [0.05, 0.1) is 23.1 Å². The highest BCUT2D eigenvalue weighted by atomic mass is 16.3. The minimum atomic E-state index is -0.0712. The molecule has 242 valence electrons. The van der Waals surface area contributed by atoms with Gasteiger partial charge in [-0.15, -0.1) is 0 Å². The second-order valence-corrected chi connectivity index (χ2v) is 12.8. The Morgan fingerprint density at radius 2 is 1.18 bits per heavy atom. The Morgan fingerprint density at radius 3 is 1.96 bits per heavy atom. The van der Waals surface area contributed by atoms with Crippen molar-refractivity contribution in [1.29, 1.82) is 0 Å². The van der Waals surface area contributed by atoms with Crippen molar-refractivity contribution in [2.45, 2.75) is 6.04 Å². The fourth-order valence-corrected chi connectivity index (χ4v) is 7.33. The molecule has 7 aromatic carbocycles. The molecule has 1 atom stereocenters.